The first-order valence-electron chi connectivity index (χ1n) is 7.08. The maximum atomic E-state index is 12.9. The standard InChI is InChI=1S/C17H15N3O/c1-12-11-19-9-4-6-14(16(19)18-12)17(21)20-10-8-13-5-2-3-7-15(13)20/h2-7,9,11H,8,10H2,1H3. The van der Waals surface area contributed by atoms with Gasteiger partial charge in [0.05, 0.1) is 11.3 Å². The van der Waals surface area contributed by atoms with Crippen LogP contribution in [-0.2, 0) is 6.42 Å². The second-order valence-corrected chi connectivity index (χ2v) is 5.37. The zero-order chi connectivity index (χ0) is 14.4. The van der Waals surface area contributed by atoms with Crippen LogP contribution in [0, 0.1) is 6.92 Å². The predicted octanol–water partition coefficient (Wildman–Crippen LogP) is 2.85. The highest BCUT2D eigenvalue weighted by Crippen LogP contribution is 2.29. The van der Waals surface area contributed by atoms with E-state index in [2.05, 4.69) is 11.1 Å². The number of amides is 1. The zero-order valence-electron chi connectivity index (χ0n) is 11.8. The number of rotatable bonds is 1. The van der Waals surface area contributed by atoms with Crippen LogP contribution in [0.5, 0.6) is 0 Å². The van der Waals surface area contributed by atoms with Gasteiger partial charge in [0, 0.05) is 24.6 Å². The van der Waals surface area contributed by atoms with Crippen LogP contribution in [0.15, 0.2) is 48.8 Å². The molecule has 104 valence electrons. The van der Waals surface area contributed by atoms with E-state index in [1.165, 1.54) is 5.56 Å². The summed E-state index contributed by atoms with van der Waals surface area (Å²) in [7, 11) is 0. The van der Waals surface area contributed by atoms with E-state index in [1.807, 2.05) is 58.9 Å². The lowest BCUT2D eigenvalue weighted by Crippen LogP contribution is -2.29. The molecule has 0 atom stereocenters. The van der Waals surface area contributed by atoms with Gasteiger partial charge in [0.15, 0.2) is 0 Å². The highest BCUT2D eigenvalue weighted by molar-refractivity contribution is 6.10. The molecule has 0 fully saturated rings. The molecular weight excluding hydrogens is 262 g/mol. The largest absolute Gasteiger partial charge is 0.308 e. The van der Waals surface area contributed by atoms with Gasteiger partial charge in [-0.2, -0.15) is 0 Å². The molecule has 0 bridgehead atoms. The quantitative estimate of drug-likeness (QED) is 0.686. The number of anilines is 1. The van der Waals surface area contributed by atoms with E-state index in [1.54, 1.807) is 0 Å². The van der Waals surface area contributed by atoms with Crippen molar-refractivity contribution in [1.82, 2.24) is 9.38 Å². The normalized spacial score (nSPS) is 13.7. The first kappa shape index (κ1) is 12.1. The molecule has 4 rings (SSSR count). The van der Waals surface area contributed by atoms with Crippen LogP contribution < -0.4 is 4.90 Å². The lowest BCUT2D eigenvalue weighted by molar-refractivity contribution is 0.0990. The molecule has 2 aromatic heterocycles. The molecule has 0 N–H and O–H groups in total. The second kappa shape index (κ2) is 4.45. The number of hydrogen-bond acceptors (Lipinski definition) is 2. The number of aryl methyl sites for hydroxylation is 1. The Labute approximate surface area is 122 Å². The summed E-state index contributed by atoms with van der Waals surface area (Å²) in [5, 5.41) is 0. The Morgan fingerprint density at radius 2 is 2.05 bits per heavy atom. The number of imidazole rings is 1. The van der Waals surface area contributed by atoms with Crippen LogP contribution >= 0.6 is 0 Å². The van der Waals surface area contributed by atoms with Crippen molar-refractivity contribution in [1.29, 1.82) is 0 Å². The van der Waals surface area contributed by atoms with Crippen LogP contribution in [0.25, 0.3) is 5.65 Å². The van der Waals surface area contributed by atoms with E-state index in [0.717, 1.165) is 30.0 Å². The summed E-state index contributed by atoms with van der Waals surface area (Å²) in [5.41, 5.74) is 4.55. The Morgan fingerprint density at radius 3 is 2.95 bits per heavy atom. The van der Waals surface area contributed by atoms with Crippen LogP contribution in [0.1, 0.15) is 21.6 Å². The number of carbonyl (C=O) groups is 1. The Bertz CT molecular complexity index is 850. The van der Waals surface area contributed by atoms with Crippen LogP contribution in [0.2, 0.25) is 0 Å². The average molecular weight is 277 g/mol. The number of hydrogen-bond donors (Lipinski definition) is 0. The molecule has 0 aliphatic carbocycles. The number of carbonyl (C=O) groups excluding carboxylic acids is 1. The molecule has 0 radical (unpaired) electrons. The zero-order valence-corrected chi connectivity index (χ0v) is 11.8. The van der Waals surface area contributed by atoms with Crippen molar-refractivity contribution in [3.05, 3.63) is 65.6 Å². The summed E-state index contributed by atoms with van der Waals surface area (Å²) in [6.07, 6.45) is 4.77. The van der Waals surface area contributed by atoms with Crippen molar-refractivity contribution in [2.75, 3.05) is 11.4 Å². The molecule has 0 saturated heterocycles. The Kier molecular flexibility index (Phi) is 2.57. The SMILES string of the molecule is Cc1cn2cccc(C(=O)N3CCc4ccccc43)c2n1. The van der Waals surface area contributed by atoms with Gasteiger partial charge >= 0.3 is 0 Å². The van der Waals surface area contributed by atoms with Crippen molar-refractivity contribution in [3.63, 3.8) is 0 Å². The van der Waals surface area contributed by atoms with Crippen LogP contribution in [0.4, 0.5) is 5.69 Å². The molecule has 3 heterocycles. The van der Waals surface area contributed by atoms with Crippen molar-refractivity contribution >= 4 is 17.2 Å². The molecule has 4 heteroatoms. The summed E-state index contributed by atoms with van der Waals surface area (Å²) >= 11 is 0. The summed E-state index contributed by atoms with van der Waals surface area (Å²) in [6, 6.07) is 11.8. The van der Waals surface area contributed by atoms with Crippen molar-refractivity contribution in [3.8, 4) is 0 Å². The third kappa shape index (κ3) is 1.83. The second-order valence-electron chi connectivity index (χ2n) is 5.37. The minimum Gasteiger partial charge on any atom is -0.308 e. The fourth-order valence-corrected chi connectivity index (χ4v) is 3.00. The molecule has 1 aromatic carbocycles. The number of aromatic nitrogens is 2. The molecule has 4 nitrogen and oxygen atoms in total. The highest BCUT2D eigenvalue weighted by Gasteiger charge is 2.26. The van der Waals surface area contributed by atoms with Gasteiger partial charge in [-0.15, -0.1) is 0 Å². The molecule has 21 heavy (non-hydrogen) atoms. The Morgan fingerprint density at radius 1 is 1.19 bits per heavy atom. The molecule has 1 aliphatic rings. The fraction of sp³-hybridized carbons (Fsp3) is 0.176. The molecule has 3 aromatic rings. The number of fused-ring (bicyclic) bond motifs is 2. The van der Waals surface area contributed by atoms with Gasteiger partial charge in [-0.25, -0.2) is 4.98 Å². The van der Waals surface area contributed by atoms with Crippen molar-refractivity contribution < 1.29 is 4.79 Å². The monoisotopic (exact) mass is 277 g/mol. The van der Waals surface area contributed by atoms with Crippen LogP contribution in [0.3, 0.4) is 0 Å². The lowest BCUT2D eigenvalue weighted by atomic mass is 10.2. The van der Waals surface area contributed by atoms with E-state index < -0.39 is 0 Å². The maximum absolute atomic E-state index is 12.9. The highest BCUT2D eigenvalue weighted by atomic mass is 16.2. The molecule has 1 aliphatic heterocycles. The van der Waals surface area contributed by atoms with Crippen LogP contribution in [-0.4, -0.2) is 21.8 Å². The molecule has 0 unspecified atom stereocenters. The molecule has 1 amide bonds. The summed E-state index contributed by atoms with van der Waals surface area (Å²) in [5.74, 6) is 0.0242. The fourth-order valence-electron chi connectivity index (χ4n) is 3.00. The van der Waals surface area contributed by atoms with Gasteiger partial charge in [0.2, 0.25) is 0 Å². The van der Waals surface area contributed by atoms with Crippen molar-refractivity contribution in [2.45, 2.75) is 13.3 Å². The number of para-hydroxylation sites is 1. The van der Waals surface area contributed by atoms with Gasteiger partial charge in [0.25, 0.3) is 5.91 Å². The third-order valence-electron chi connectivity index (χ3n) is 3.97. The topological polar surface area (TPSA) is 37.6 Å². The molecular formula is C17H15N3O. The summed E-state index contributed by atoms with van der Waals surface area (Å²) < 4.78 is 1.91. The number of pyridine rings is 1. The third-order valence-corrected chi connectivity index (χ3v) is 3.97. The van der Waals surface area contributed by atoms with E-state index in [0.29, 0.717) is 5.56 Å². The maximum Gasteiger partial charge on any atom is 0.262 e. The van der Waals surface area contributed by atoms with E-state index in [4.69, 9.17) is 0 Å². The van der Waals surface area contributed by atoms with E-state index in [9.17, 15) is 4.79 Å². The summed E-state index contributed by atoms with van der Waals surface area (Å²) in [6.45, 7) is 2.67. The van der Waals surface area contributed by atoms with Gasteiger partial charge in [-0.05, 0) is 37.1 Å². The van der Waals surface area contributed by atoms with Gasteiger partial charge in [0.1, 0.15) is 5.65 Å². The van der Waals surface area contributed by atoms with E-state index >= 15 is 0 Å². The predicted molar refractivity (Wildman–Crippen MR) is 81.8 cm³/mol. The Hall–Kier alpha value is -2.62. The van der Waals surface area contributed by atoms with Gasteiger partial charge in [-0.1, -0.05) is 18.2 Å². The number of benzene rings is 1. The Balaban J connectivity index is 1.81. The minimum absolute atomic E-state index is 0.0242. The molecule has 0 saturated carbocycles. The lowest BCUT2D eigenvalue weighted by Gasteiger charge is -2.17. The minimum atomic E-state index is 0.0242. The smallest absolute Gasteiger partial charge is 0.262 e. The molecule has 0 spiro atoms. The first-order valence-corrected chi connectivity index (χ1v) is 7.08. The van der Waals surface area contributed by atoms with E-state index in [-0.39, 0.29) is 5.91 Å². The number of nitrogens with zero attached hydrogens (tertiary/aromatic N) is 3. The average Bonchev–Trinajstić information content (AvgIpc) is 3.08. The summed E-state index contributed by atoms with van der Waals surface area (Å²) in [4.78, 5) is 19.2. The van der Waals surface area contributed by atoms with Crippen molar-refractivity contribution in [2.24, 2.45) is 0 Å². The first-order chi connectivity index (χ1) is 10.2. The van der Waals surface area contributed by atoms with Gasteiger partial charge < -0.3 is 9.30 Å². The van der Waals surface area contributed by atoms with Gasteiger partial charge in [-0.3, -0.25) is 4.79 Å².